The number of halogens is 1. The van der Waals surface area contributed by atoms with E-state index in [1.165, 1.54) is 45.4 Å². The van der Waals surface area contributed by atoms with Gasteiger partial charge in [-0.25, -0.2) is 17.5 Å². The van der Waals surface area contributed by atoms with Crippen molar-refractivity contribution in [1.29, 1.82) is 0 Å². The quantitative estimate of drug-likeness (QED) is 0.706. The molecular weight excluding hydrogens is 426 g/mol. The van der Waals surface area contributed by atoms with Crippen LogP contribution >= 0.6 is 15.9 Å². The van der Waals surface area contributed by atoms with Gasteiger partial charge in [0, 0.05) is 10.5 Å². The summed E-state index contributed by atoms with van der Waals surface area (Å²) < 4.78 is 38.3. The molecule has 2 rings (SSSR count). The van der Waals surface area contributed by atoms with E-state index in [4.69, 9.17) is 9.47 Å². The van der Waals surface area contributed by atoms with Crippen LogP contribution in [0.3, 0.4) is 0 Å². The molecule has 0 radical (unpaired) electrons. The first-order valence-corrected chi connectivity index (χ1v) is 9.70. The average molecular weight is 444 g/mol. The minimum atomic E-state index is -4.18. The summed E-state index contributed by atoms with van der Waals surface area (Å²) >= 11 is 3.25. The fraction of sp³-hybridized carbons (Fsp3) is 0.235. The van der Waals surface area contributed by atoms with Gasteiger partial charge in [0.2, 0.25) is 0 Å². The normalized spacial score (nSPS) is 12.3. The first kappa shape index (κ1) is 20.1. The Morgan fingerprint density at radius 2 is 1.73 bits per heavy atom. The summed E-state index contributed by atoms with van der Waals surface area (Å²) in [5, 5.41) is 9.47. The maximum atomic E-state index is 13.2. The van der Waals surface area contributed by atoms with Crippen LogP contribution < -0.4 is 13.8 Å². The number of carboxylic acid groups (broad SMARTS) is 1. The van der Waals surface area contributed by atoms with E-state index in [9.17, 15) is 18.3 Å². The fourth-order valence-electron chi connectivity index (χ4n) is 2.34. The van der Waals surface area contributed by atoms with Crippen LogP contribution in [0.15, 0.2) is 51.8 Å². The van der Waals surface area contributed by atoms with Gasteiger partial charge in [-0.3, -0.25) is 0 Å². The molecule has 0 spiro atoms. The maximum absolute atomic E-state index is 13.2. The summed E-state index contributed by atoms with van der Waals surface area (Å²) in [6.07, 6.45) is 0. The third kappa shape index (κ3) is 3.94. The van der Waals surface area contributed by atoms with E-state index in [1.54, 1.807) is 18.2 Å². The van der Waals surface area contributed by atoms with Crippen LogP contribution in [0.1, 0.15) is 6.92 Å². The molecule has 1 N–H and O–H groups in total. The lowest BCUT2D eigenvalue weighted by Gasteiger charge is -2.29. The highest BCUT2D eigenvalue weighted by Gasteiger charge is 2.35. The first-order chi connectivity index (χ1) is 12.2. The minimum absolute atomic E-state index is 0.0429. The van der Waals surface area contributed by atoms with E-state index in [1.807, 2.05) is 0 Å². The van der Waals surface area contributed by atoms with Crippen molar-refractivity contribution in [3.63, 3.8) is 0 Å². The Labute approximate surface area is 160 Å². The fourth-order valence-corrected chi connectivity index (χ4v) is 4.22. The highest BCUT2D eigenvalue weighted by molar-refractivity contribution is 9.10. The molecule has 0 amide bonds. The van der Waals surface area contributed by atoms with Crippen molar-refractivity contribution in [1.82, 2.24) is 0 Å². The van der Waals surface area contributed by atoms with E-state index >= 15 is 0 Å². The Morgan fingerprint density at radius 3 is 2.23 bits per heavy atom. The van der Waals surface area contributed by atoms with Crippen LogP contribution in [-0.4, -0.2) is 39.8 Å². The van der Waals surface area contributed by atoms with Gasteiger partial charge in [0.25, 0.3) is 10.0 Å². The molecule has 0 aliphatic heterocycles. The Kier molecular flexibility index (Phi) is 6.14. The number of hydrogen-bond acceptors (Lipinski definition) is 5. The highest BCUT2D eigenvalue weighted by atomic mass is 79.9. The van der Waals surface area contributed by atoms with Crippen LogP contribution in [-0.2, 0) is 14.8 Å². The molecule has 0 aliphatic carbocycles. The molecule has 0 heterocycles. The van der Waals surface area contributed by atoms with Gasteiger partial charge < -0.3 is 14.6 Å². The first-order valence-electron chi connectivity index (χ1n) is 7.47. The number of carbonyl (C=O) groups is 1. The van der Waals surface area contributed by atoms with Crippen LogP contribution in [0.4, 0.5) is 5.69 Å². The van der Waals surface area contributed by atoms with E-state index in [0.29, 0.717) is 10.2 Å². The van der Waals surface area contributed by atoms with Crippen LogP contribution in [0, 0.1) is 0 Å². The van der Waals surface area contributed by atoms with Gasteiger partial charge in [-0.05, 0) is 43.3 Å². The summed E-state index contributed by atoms with van der Waals surface area (Å²) in [4.78, 5) is 11.6. The van der Waals surface area contributed by atoms with Gasteiger partial charge in [0.1, 0.15) is 17.5 Å². The third-order valence-electron chi connectivity index (χ3n) is 3.70. The molecule has 0 aliphatic rings. The number of anilines is 1. The number of aliphatic carboxylic acids is 1. The molecule has 0 saturated heterocycles. The van der Waals surface area contributed by atoms with E-state index in [2.05, 4.69) is 15.9 Å². The Hall–Kier alpha value is -2.26. The zero-order valence-electron chi connectivity index (χ0n) is 14.3. The number of methoxy groups -OCH3 is 2. The molecule has 0 aromatic heterocycles. The minimum Gasteiger partial charge on any atom is -0.497 e. The topological polar surface area (TPSA) is 93.1 Å². The molecule has 1 unspecified atom stereocenters. The summed E-state index contributed by atoms with van der Waals surface area (Å²) in [6, 6.07) is 9.10. The van der Waals surface area contributed by atoms with Crippen molar-refractivity contribution in [2.24, 2.45) is 0 Å². The predicted molar refractivity (Wildman–Crippen MR) is 100 cm³/mol. The van der Waals surface area contributed by atoms with Crippen molar-refractivity contribution in [3.8, 4) is 11.5 Å². The van der Waals surface area contributed by atoms with Gasteiger partial charge in [0.15, 0.2) is 0 Å². The molecule has 0 bridgehead atoms. The lowest BCUT2D eigenvalue weighted by molar-refractivity contribution is -0.137. The number of benzene rings is 2. The second kappa shape index (κ2) is 7.96. The number of hydrogen-bond donors (Lipinski definition) is 1. The number of ether oxygens (including phenoxy) is 2. The van der Waals surface area contributed by atoms with E-state index in [0.717, 1.165) is 4.31 Å². The molecular formula is C17H18BrNO6S. The molecule has 26 heavy (non-hydrogen) atoms. The maximum Gasteiger partial charge on any atom is 0.327 e. The smallest absolute Gasteiger partial charge is 0.327 e. The summed E-state index contributed by atoms with van der Waals surface area (Å²) in [7, 11) is -1.37. The predicted octanol–water partition coefficient (Wildman–Crippen LogP) is 3.13. The lowest BCUT2D eigenvalue weighted by Crippen LogP contribution is -2.43. The van der Waals surface area contributed by atoms with Crippen molar-refractivity contribution in [2.45, 2.75) is 17.9 Å². The molecule has 140 valence electrons. The zero-order valence-corrected chi connectivity index (χ0v) is 16.7. The lowest BCUT2D eigenvalue weighted by atomic mass is 10.2. The number of sulfonamides is 1. The molecule has 0 saturated carbocycles. The largest absolute Gasteiger partial charge is 0.497 e. The van der Waals surface area contributed by atoms with Crippen molar-refractivity contribution >= 4 is 37.6 Å². The van der Waals surface area contributed by atoms with Gasteiger partial charge in [-0.1, -0.05) is 15.9 Å². The summed E-state index contributed by atoms with van der Waals surface area (Å²) in [6.45, 7) is 1.29. The van der Waals surface area contributed by atoms with Crippen LogP contribution in [0.25, 0.3) is 0 Å². The monoisotopic (exact) mass is 443 g/mol. The van der Waals surface area contributed by atoms with Crippen molar-refractivity contribution in [3.05, 3.63) is 46.9 Å². The Morgan fingerprint density at radius 1 is 1.12 bits per heavy atom. The zero-order chi connectivity index (χ0) is 19.5. The molecule has 0 fully saturated rings. The second-order valence-corrected chi connectivity index (χ2v) is 8.04. The number of rotatable bonds is 7. The average Bonchev–Trinajstić information content (AvgIpc) is 2.61. The second-order valence-electron chi connectivity index (χ2n) is 5.31. The Bertz CT molecular complexity index is 898. The van der Waals surface area contributed by atoms with E-state index < -0.39 is 22.0 Å². The van der Waals surface area contributed by atoms with Gasteiger partial charge >= 0.3 is 5.97 Å². The molecule has 2 aromatic carbocycles. The summed E-state index contributed by atoms with van der Waals surface area (Å²) in [5.74, 6) is -0.718. The van der Waals surface area contributed by atoms with Crippen molar-refractivity contribution < 1.29 is 27.8 Å². The molecule has 1 atom stereocenters. The summed E-state index contributed by atoms with van der Waals surface area (Å²) in [5.41, 5.74) is 0.0738. The Balaban J connectivity index is 2.72. The van der Waals surface area contributed by atoms with Gasteiger partial charge in [0.05, 0.1) is 24.8 Å². The molecule has 7 nitrogen and oxygen atoms in total. The number of carboxylic acids is 1. The van der Waals surface area contributed by atoms with E-state index in [-0.39, 0.29) is 16.3 Å². The van der Waals surface area contributed by atoms with Crippen LogP contribution in [0.2, 0.25) is 0 Å². The van der Waals surface area contributed by atoms with Crippen molar-refractivity contribution in [2.75, 3.05) is 18.5 Å². The standard InChI is InChI=1S/C17H18BrNO6S/c1-11(17(20)21)19(15-10-13(24-2)6-9-16(15)25-3)26(22,23)14-7-4-12(18)5-8-14/h4-11H,1-3H3,(H,20,21). The molecule has 2 aromatic rings. The van der Waals surface area contributed by atoms with Gasteiger partial charge in [-0.15, -0.1) is 0 Å². The highest BCUT2D eigenvalue weighted by Crippen LogP contribution is 2.37. The van der Waals surface area contributed by atoms with Crippen LogP contribution in [0.5, 0.6) is 11.5 Å². The third-order valence-corrected chi connectivity index (χ3v) is 6.13. The molecule has 9 heteroatoms. The SMILES string of the molecule is COc1ccc(OC)c(N(C(C)C(=O)O)S(=O)(=O)c2ccc(Br)cc2)c1. The number of nitrogens with zero attached hydrogens (tertiary/aromatic N) is 1. The van der Waals surface area contributed by atoms with Gasteiger partial charge in [-0.2, -0.15) is 0 Å².